The van der Waals surface area contributed by atoms with Crippen LogP contribution in [0.2, 0.25) is 0 Å². The lowest BCUT2D eigenvalue weighted by molar-refractivity contribution is 0.00194. The van der Waals surface area contributed by atoms with Gasteiger partial charge in [-0.1, -0.05) is 0 Å². The highest BCUT2D eigenvalue weighted by Gasteiger charge is 2.35. The van der Waals surface area contributed by atoms with Gasteiger partial charge in [0.05, 0.1) is 17.8 Å². The van der Waals surface area contributed by atoms with Gasteiger partial charge in [-0.25, -0.2) is 4.39 Å². The normalized spacial score (nSPS) is 16.6. The second-order valence-corrected chi connectivity index (χ2v) is 6.33. The molecular formula is C18H22FN3O3. The third-order valence-electron chi connectivity index (χ3n) is 4.50. The first-order valence-corrected chi connectivity index (χ1v) is 8.22. The van der Waals surface area contributed by atoms with E-state index >= 15 is 0 Å². The SMILES string of the molecule is COCC1(NC(=O)c2cc(-c3ccc(F)cc3)n(C)n2)CCOCC1. The van der Waals surface area contributed by atoms with Crippen LogP contribution in [0, 0.1) is 5.82 Å². The van der Waals surface area contributed by atoms with E-state index in [0.29, 0.717) is 38.4 Å². The molecule has 134 valence electrons. The number of amides is 1. The molecule has 25 heavy (non-hydrogen) atoms. The monoisotopic (exact) mass is 347 g/mol. The summed E-state index contributed by atoms with van der Waals surface area (Å²) >= 11 is 0. The third kappa shape index (κ3) is 3.88. The Balaban J connectivity index is 1.80. The Morgan fingerprint density at radius 2 is 2.04 bits per heavy atom. The first kappa shape index (κ1) is 17.6. The summed E-state index contributed by atoms with van der Waals surface area (Å²) in [7, 11) is 3.38. The molecule has 1 saturated heterocycles. The van der Waals surface area contributed by atoms with Gasteiger partial charge in [0.25, 0.3) is 5.91 Å². The average molecular weight is 347 g/mol. The number of carbonyl (C=O) groups excluding carboxylic acids is 1. The molecular weight excluding hydrogens is 325 g/mol. The van der Waals surface area contributed by atoms with E-state index in [1.165, 1.54) is 12.1 Å². The summed E-state index contributed by atoms with van der Waals surface area (Å²) in [6.07, 6.45) is 1.40. The highest BCUT2D eigenvalue weighted by molar-refractivity contribution is 5.94. The molecule has 3 rings (SSSR count). The molecule has 0 aliphatic carbocycles. The summed E-state index contributed by atoms with van der Waals surface area (Å²) in [5, 5.41) is 7.38. The van der Waals surface area contributed by atoms with Crippen LogP contribution in [0.4, 0.5) is 4.39 Å². The van der Waals surface area contributed by atoms with E-state index in [2.05, 4.69) is 10.4 Å². The highest BCUT2D eigenvalue weighted by Crippen LogP contribution is 2.23. The summed E-state index contributed by atoms with van der Waals surface area (Å²) in [6, 6.07) is 7.82. The average Bonchev–Trinajstić information content (AvgIpc) is 2.98. The van der Waals surface area contributed by atoms with Gasteiger partial charge in [0.2, 0.25) is 0 Å². The number of benzene rings is 1. The third-order valence-corrected chi connectivity index (χ3v) is 4.50. The number of nitrogens with one attached hydrogen (secondary N) is 1. The number of aryl methyl sites for hydroxylation is 1. The Labute approximate surface area is 145 Å². The molecule has 0 unspecified atom stereocenters. The Kier molecular flexibility index (Phi) is 5.15. The van der Waals surface area contributed by atoms with Crippen LogP contribution in [0.5, 0.6) is 0 Å². The highest BCUT2D eigenvalue weighted by atomic mass is 19.1. The molecule has 1 amide bonds. The lowest BCUT2D eigenvalue weighted by atomic mass is 9.90. The molecule has 0 saturated carbocycles. The minimum Gasteiger partial charge on any atom is -0.382 e. The largest absolute Gasteiger partial charge is 0.382 e. The molecule has 1 aromatic carbocycles. The second-order valence-electron chi connectivity index (χ2n) is 6.33. The number of aromatic nitrogens is 2. The molecule has 2 heterocycles. The number of halogens is 1. The van der Waals surface area contributed by atoms with Gasteiger partial charge in [0.1, 0.15) is 5.82 Å². The maximum absolute atomic E-state index is 13.1. The maximum atomic E-state index is 13.1. The van der Waals surface area contributed by atoms with Crippen LogP contribution >= 0.6 is 0 Å². The topological polar surface area (TPSA) is 65.4 Å². The summed E-state index contributed by atoms with van der Waals surface area (Å²) in [5.41, 5.74) is 1.44. The number of rotatable bonds is 5. The van der Waals surface area contributed by atoms with Crippen LogP contribution < -0.4 is 5.32 Å². The van der Waals surface area contributed by atoms with E-state index in [9.17, 15) is 9.18 Å². The minimum absolute atomic E-state index is 0.247. The van der Waals surface area contributed by atoms with Crippen molar-refractivity contribution in [1.29, 1.82) is 0 Å². The molecule has 6 nitrogen and oxygen atoms in total. The predicted molar refractivity (Wildman–Crippen MR) is 90.7 cm³/mol. The Bertz CT molecular complexity index is 731. The summed E-state index contributed by atoms with van der Waals surface area (Å²) in [5.74, 6) is -0.548. The maximum Gasteiger partial charge on any atom is 0.272 e. The standard InChI is InChI=1S/C18H22FN3O3/c1-22-16(13-3-5-14(19)6-4-13)11-15(21-22)17(23)20-18(12-24-2)7-9-25-10-8-18/h3-6,11H,7-10,12H2,1-2H3,(H,20,23). The van der Waals surface area contributed by atoms with E-state index in [1.54, 1.807) is 37.0 Å². The van der Waals surface area contributed by atoms with Gasteiger partial charge in [-0.05, 0) is 48.7 Å². The molecule has 0 spiro atoms. The van der Waals surface area contributed by atoms with Crippen LogP contribution in [-0.2, 0) is 16.5 Å². The van der Waals surface area contributed by atoms with E-state index in [1.807, 2.05) is 0 Å². The van der Waals surface area contributed by atoms with E-state index < -0.39 is 5.54 Å². The molecule has 2 aromatic rings. The van der Waals surface area contributed by atoms with Crippen molar-refractivity contribution in [3.05, 3.63) is 41.8 Å². The first-order chi connectivity index (χ1) is 12.0. The second kappa shape index (κ2) is 7.33. The fourth-order valence-corrected chi connectivity index (χ4v) is 3.12. The molecule has 1 aromatic heterocycles. The zero-order chi connectivity index (χ0) is 17.9. The van der Waals surface area contributed by atoms with Crippen LogP contribution in [0.1, 0.15) is 23.3 Å². The fraction of sp³-hybridized carbons (Fsp3) is 0.444. The quantitative estimate of drug-likeness (QED) is 0.900. The van der Waals surface area contributed by atoms with Crippen LogP contribution in [0.25, 0.3) is 11.3 Å². The van der Waals surface area contributed by atoms with Gasteiger partial charge in [-0.2, -0.15) is 5.10 Å². The van der Waals surface area contributed by atoms with Gasteiger partial charge < -0.3 is 14.8 Å². The van der Waals surface area contributed by atoms with Gasteiger partial charge in [-0.15, -0.1) is 0 Å². The number of ether oxygens (including phenoxy) is 2. The summed E-state index contributed by atoms with van der Waals surface area (Å²) in [6.45, 7) is 1.61. The van der Waals surface area contributed by atoms with Crippen LogP contribution in [0.15, 0.2) is 30.3 Å². The smallest absolute Gasteiger partial charge is 0.272 e. The Morgan fingerprint density at radius 3 is 2.68 bits per heavy atom. The first-order valence-electron chi connectivity index (χ1n) is 8.22. The Morgan fingerprint density at radius 1 is 1.36 bits per heavy atom. The van der Waals surface area contributed by atoms with Crippen molar-refractivity contribution in [2.24, 2.45) is 7.05 Å². The van der Waals surface area contributed by atoms with Gasteiger partial charge in [0.15, 0.2) is 5.69 Å². The number of carbonyl (C=O) groups is 1. The molecule has 1 fully saturated rings. The summed E-state index contributed by atoms with van der Waals surface area (Å²) in [4.78, 5) is 12.7. The van der Waals surface area contributed by atoms with Crippen LogP contribution in [0.3, 0.4) is 0 Å². The van der Waals surface area contributed by atoms with Gasteiger partial charge in [-0.3, -0.25) is 9.48 Å². The number of nitrogens with zero attached hydrogens (tertiary/aromatic N) is 2. The molecule has 0 bridgehead atoms. The van der Waals surface area contributed by atoms with Crippen molar-refractivity contribution < 1.29 is 18.7 Å². The minimum atomic E-state index is -0.433. The molecule has 0 atom stereocenters. The van der Waals surface area contributed by atoms with Crippen LogP contribution in [-0.4, -0.2) is 48.2 Å². The van der Waals surface area contributed by atoms with E-state index in [4.69, 9.17) is 9.47 Å². The molecule has 7 heteroatoms. The molecule has 1 aliphatic heterocycles. The Hall–Kier alpha value is -2.25. The molecule has 1 aliphatic rings. The van der Waals surface area contributed by atoms with Crippen molar-refractivity contribution in [1.82, 2.24) is 15.1 Å². The predicted octanol–water partition coefficient (Wildman–Crippen LogP) is 2.15. The van der Waals surface area contributed by atoms with Gasteiger partial charge >= 0.3 is 0 Å². The fourth-order valence-electron chi connectivity index (χ4n) is 3.12. The van der Waals surface area contributed by atoms with Crippen molar-refractivity contribution >= 4 is 5.91 Å². The lowest BCUT2D eigenvalue weighted by Crippen LogP contribution is -2.55. The van der Waals surface area contributed by atoms with Crippen molar-refractivity contribution in [2.75, 3.05) is 26.9 Å². The number of hydrogen-bond donors (Lipinski definition) is 1. The molecule has 0 radical (unpaired) electrons. The van der Waals surface area contributed by atoms with Crippen molar-refractivity contribution in [2.45, 2.75) is 18.4 Å². The number of methoxy groups -OCH3 is 1. The zero-order valence-corrected chi connectivity index (χ0v) is 14.4. The zero-order valence-electron chi connectivity index (χ0n) is 14.4. The van der Waals surface area contributed by atoms with Crippen molar-refractivity contribution in [3.63, 3.8) is 0 Å². The van der Waals surface area contributed by atoms with E-state index in [0.717, 1.165) is 11.3 Å². The van der Waals surface area contributed by atoms with E-state index in [-0.39, 0.29) is 11.7 Å². The lowest BCUT2D eigenvalue weighted by Gasteiger charge is -2.37. The summed E-state index contributed by atoms with van der Waals surface area (Å²) < 4.78 is 25.4. The van der Waals surface area contributed by atoms with Crippen molar-refractivity contribution in [3.8, 4) is 11.3 Å². The molecule has 1 N–H and O–H groups in total. The van der Waals surface area contributed by atoms with Gasteiger partial charge in [0, 0.05) is 27.4 Å². The number of hydrogen-bond acceptors (Lipinski definition) is 4.